The predicted octanol–water partition coefficient (Wildman–Crippen LogP) is 11.6. The Labute approximate surface area is 317 Å². The van der Waals surface area contributed by atoms with E-state index in [4.69, 9.17) is 14.8 Å². The van der Waals surface area contributed by atoms with Gasteiger partial charge in [0.1, 0.15) is 5.82 Å². The molecule has 0 aliphatic carbocycles. The van der Waals surface area contributed by atoms with Crippen molar-refractivity contribution < 1.29 is 25.8 Å². The van der Waals surface area contributed by atoms with E-state index in [0.29, 0.717) is 11.5 Å². The largest absolute Gasteiger partial charge is 2.00 e. The van der Waals surface area contributed by atoms with Crippen molar-refractivity contribution in [2.75, 3.05) is 0 Å². The van der Waals surface area contributed by atoms with Crippen LogP contribution in [-0.4, -0.2) is 19.3 Å². The first-order valence-corrected chi connectivity index (χ1v) is 18.3. The Morgan fingerprint density at radius 1 is 0.745 bits per heavy atom. The molecule has 7 aromatic rings. The molecule has 0 radical (unpaired) electrons. The zero-order chi connectivity index (χ0) is 34.8. The summed E-state index contributed by atoms with van der Waals surface area (Å²) in [6.07, 6.45) is 7.85. The fourth-order valence-electron chi connectivity index (χ4n) is 6.92. The maximum absolute atomic E-state index is 6.65. The van der Waals surface area contributed by atoms with Crippen LogP contribution in [0, 0.1) is 12.1 Å². The molecule has 4 aromatic carbocycles. The maximum Gasteiger partial charge on any atom is 2.00 e. The number of benzene rings is 4. The topological polar surface area (TPSA) is 44.9 Å². The molecule has 51 heavy (non-hydrogen) atoms. The summed E-state index contributed by atoms with van der Waals surface area (Å²) in [6, 6.07) is 37.4. The number of pyridine rings is 1. The van der Waals surface area contributed by atoms with E-state index in [-0.39, 0.29) is 27.0 Å². The summed E-state index contributed by atoms with van der Waals surface area (Å²) < 4.78 is 11.0. The van der Waals surface area contributed by atoms with E-state index < -0.39 is 0 Å². The molecule has 7 rings (SSSR count). The Kier molecular flexibility index (Phi) is 11.3. The van der Waals surface area contributed by atoms with E-state index in [1.165, 1.54) is 33.5 Å². The van der Waals surface area contributed by atoms with Crippen molar-refractivity contribution in [1.82, 2.24) is 19.3 Å². The monoisotopic (exact) mass is 853 g/mol. The van der Waals surface area contributed by atoms with E-state index in [1.54, 1.807) is 0 Å². The number of hydrogen-bond acceptors (Lipinski definition) is 3. The van der Waals surface area contributed by atoms with Crippen LogP contribution in [0.2, 0.25) is 0 Å². The van der Waals surface area contributed by atoms with Gasteiger partial charge in [-0.25, -0.2) is 4.98 Å². The molecule has 0 bridgehead atoms. The number of fused-ring (bicyclic) bond motifs is 3. The van der Waals surface area contributed by atoms with Crippen molar-refractivity contribution in [1.29, 1.82) is 0 Å². The summed E-state index contributed by atoms with van der Waals surface area (Å²) in [7, 11) is 0. The van der Waals surface area contributed by atoms with Gasteiger partial charge in [-0.05, 0) is 77.6 Å². The van der Waals surface area contributed by atoms with Crippen LogP contribution in [0.25, 0.3) is 44.4 Å². The average molecular weight is 854 g/mol. The van der Waals surface area contributed by atoms with Crippen LogP contribution in [0.15, 0.2) is 91.1 Å². The van der Waals surface area contributed by atoms with Gasteiger partial charge in [0.2, 0.25) is 0 Å². The first-order valence-electron chi connectivity index (χ1n) is 18.3. The van der Waals surface area contributed by atoms with Crippen molar-refractivity contribution in [3.8, 4) is 34.1 Å². The van der Waals surface area contributed by atoms with Crippen molar-refractivity contribution in [2.45, 2.75) is 86.0 Å². The summed E-state index contributed by atoms with van der Waals surface area (Å²) in [5, 5.41) is 7.59. The molecule has 3 heterocycles. The summed E-state index contributed by atoms with van der Waals surface area (Å²) >= 11 is 0. The Hall–Kier alpha value is -4.47. The number of nitrogens with zero attached hydrogens (tertiary/aromatic N) is 4. The summed E-state index contributed by atoms with van der Waals surface area (Å²) in [5.41, 5.74) is 11.5. The van der Waals surface area contributed by atoms with Crippen LogP contribution >= 0.6 is 0 Å². The van der Waals surface area contributed by atoms with Crippen LogP contribution < -0.4 is 4.74 Å². The summed E-state index contributed by atoms with van der Waals surface area (Å²) in [6.45, 7) is 13.3. The Bertz CT molecular complexity index is 2280. The Morgan fingerprint density at radius 2 is 1.51 bits per heavy atom. The second kappa shape index (κ2) is 15.8. The van der Waals surface area contributed by atoms with E-state index in [1.807, 2.05) is 12.3 Å². The third-order valence-electron chi connectivity index (χ3n) is 9.72. The van der Waals surface area contributed by atoms with Gasteiger partial charge < -0.3 is 9.30 Å². The van der Waals surface area contributed by atoms with Crippen LogP contribution in [-0.2, 0) is 46.7 Å². The van der Waals surface area contributed by atoms with E-state index in [2.05, 4.69) is 142 Å². The minimum Gasteiger partial charge on any atom is -0.509 e. The molecule has 0 saturated heterocycles. The number of para-hydroxylation sites is 1. The summed E-state index contributed by atoms with van der Waals surface area (Å²) in [5.74, 6) is 2.43. The standard InChI is InChI=1S/C45H46N4O.Pt/c1-7-11-15-41-44(34-19-17-31(8-2)18-20-34)45(30(5)6)47-49(41)35-25-33(10-4)26-37(28-35)50-36-21-22-39-38-14-12-13-16-40(38)48(42(39)29-36)43-27-32(9-3)23-24-46-43;/h12-14,16-27,30H,7-11,15H2,1-6H3;/q-2;+2. The molecule has 5 nitrogen and oxygen atoms in total. The minimum absolute atomic E-state index is 0. The molecule has 0 atom stereocenters. The predicted molar refractivity (Wildman–Crippen MR) is 206 cm³/mol. The molecular formula is C45H46N4OPt. The number of ether oxygens (including phenoxy) is 1. The van der Waals surface area contributed by atoms with Crippen LogP contribution in [0.4, 0.5) is 0 Å². The molecule has 0 fully saturated rings. The first-order chi connectivity index (χ1) is 24.4. The average Bonchev–Trinajstić information content (AvgIpc) is 3.70. The van der Waals surface area contributed by atoms with Gasteiger partial charge in [-0.3, -0.25) is 4.68 Å². The number of unbranched alkanes of at least 4 members (excludes halogenated alkanes) is 1. The van der Waals surface area contributed by atoms with E-state index >= 15 is 0 Å². The smallest absolute Gasteiger partial charge is 0.509 e. The van der Waals surface area contributed by atoms with Crippen LogP contribution in [0.1, 0.15) is 88.4 Å². The first kappa shape index (κ1) is 36.3. The van der Waals surface area contributed by atoms with Gasteiger partial charge in [0, 0.05) is 34.5 Å². The minimum atomic E-state index is 0. The Balaban J connectivity index is 0.00000448. The zero-order valence-electron chi connectivity index (χ0n) is 30.5. The molecule has 262 valence electrons. The number of aromatic nitrogens is 4. The third-order valence-corrected chi connectivity index (χ3v) is 9.72. The quantitative estimate of drug-likeness (QED) is 0.115. The molecule has 0 spiro atoms. The molecule has 0 unspecified atom stereocenters. The fraction of sp³-hybridized carbons (Fsp3) is 0.289. The van der Waals surface area contributed by atoms with Crippen molar-refractivity contribution in [3.63, 3.8) is 0 Å². The molecule has 0 aliphatic rings. The molecule has 0 N–H and O–H groups in total. The van der Waals surface area contributed by atoms with Crippen molar-refractivity contribution in [3.05, 3.63) is 131 Å². The summed E-state index contributed by atoms with van der Waals surface area (Å²) in [4.78, 5) is 4.78. The van der Waals surface area contributed by atoms with Crippen molar-refractivity contribution >= 4 is 21.8 Å². The molecule has 0 amide bonds. The fourth-order valence-corrected chi connectivity index (χ4v) is 6.92. The van der Waals surface area contributed by atoms with Gasteiger partial charge in [0.25, 0.3) is 0 Å². The van der Waals surface area contributed by atoms with Crippen LogP contribution in [0.5, 0.6) is 11.5 Å². The van der Waals surface area contributed by atoms with Gasteiger partial charge in [0.15, 0.2) is 0 Å². The number of aryl methyl sites for hydroxylation is 3. The number of hydrogen-bond donors (Lipinski definition) is 0. The SMILES string of the molecule is CCCCc1c(-c2ccc(CC)cc2)c(C(C)C)nn1-c1[c-]c(Oc2[c-]c3c(cc2)c2ccccc2n3-c2cc(CC)ccn2)cc(CC)c1.[Pt+2]. The van der Waals surface area contributed by atoms with Crippen LogP contribution in [0.3, 0.4) is 0 Å². The number of rotatable bonds is 12. The van der Waals surface area contributed by atoms with Gasteiger partial charge >= 0.3 is 21.1 Å². The normalized spacial score (nSPS) is 11.4. The van der Waals surface area contributed by atoms with Gasteiger partial charge in [-0.2, -0.15) is 16.7 Å². The molecular weight excluding hydrogens is 808 g/mol. The third kappa shape index (κ3) is 7.19. The van der Waals surface area contributed by atoms with Crippen molar-refractivity contribution in [2.24, 2.45) is 0 Å². The maximum atomic E-state index is 6.65. The molecule has 0 saturated carbocycles. The molecule has 6 heteroatoms. The van der Waals surface area contributed by atoms with Gasteiger partial charge in [0.05, 0.1) is 5.69 Å². The van der Waals surface area contributed by atoms with E-state index in [9.17, 15) is 0 Å². The second-order valence-electron chi connectivity index (χ2n) is 13.4. The molecule has 3 aromatic heterocycles. The second-order valence-corrected chi connectivity index (χ2v) is 13.4. The zero-order valence-corrected chi connectivity index (χ0v) is 32.8. The Morgan fingerprint density at radius 3 is 2.24 bits per heavy atom. The van der Waals surface area contributed by atoms with Gasteiger partial charge in [-0.15, -0.1) is 35.7 Å². The van der Waals surface area contributed by atoms with Gasteiger partial charge in [-0.1, -0.05) is 102 Å². The van der Waals surface area contributed by atoms with E-state index in [0.717, 1.165) is 77.5 Å². The molecule has 0 aliphatic heterocycles.